The molecule has 0 atom stereocenters. The Bertz CT molecular complexity index is 1080. The highest BCUT2D eigenvalue weighted by atomic mass is 35.5. The fourth-order valence-electron chi connectivity index (χ4n) is 2.93. The molecular weight excluding hydrogens is 444 g/mol. The topological polar surface area (TPSA) is 73.2 Å². The van der Waals surface area contributed by atoms with E-state index in [2.05, 4.69) is 10.4 Å². The van der Waals surface area contributed by atoms with Crippen LogP contribution in [0.2, 0.25) is 10.2 Å². The molecule has 3 aromatic rings. The maximum Gasteiger partial charge on any atom is 0.343 e. The lowest BCUT2D eigenvalue weighted by Gasteiger charge is -2.07. The molecule has 3 rings (SSSR count). The van der Waals surface area contributed by atoms with E-state index in [1.54, 1.807) is 25.1 Å². The average molecular weight is 464 g/mol. The minimum absolute atomic E-state index is 0.104. The van der Waals surface area contributed by atoms with Gasteiger partial charge in [-0.3, -0.25) is 4.79 Å². The minimum atomic E-state index is -0.735. The van der Waals surface area contributed by atoms with E-state index in [4.69, 9.17) is 27.9 Å². The Balaban J connectivity index is 1.53. The standard InChI is InChI=1S/C22H20Cl2FN3O3/c1-14-20(21(24)28(27-14)12-16-4-2-3-5-18(16)23)22(30)31-13-19(29)26-11-10-15-6-8-17(25)9-7-15/h2-9H,10-13H2,1H3,(H,26,29). The number of esters is 1. The molecule has 0 unspecified atom stereocenters. The molecule has 0 saturated carbocycles. The van der Waals surface area contributed by atoms with E-state index in [9.17, 15) is 14.0 Å². The summed E-state index contributed by atoms with van der Waals surface area (Å²) in [6.45, 7) is 1.80. The van der Waals surface area contributed by atoms with Crippen molar-refractivity contribution in [3.63, 3.8) is 0 Å². The van der Waals surface area contributed by atoms with E-state index in [1.165, 1.54) is 16.8 Å². The highest BCUT2D eigenvalue weighted by molar-refractivity contribution is 6.33. The van der Waals surface area contributed by atoms with Crippen molar-refractivity contribution in [3.05, 3.63) is 86.9 Å². The van der Waals surface area contributed by atoms with Crippen LogP contribution in [-0.2, 0) is 22.5 Å². The van der Waals surface area contributed by atoms with Crippen molar-refractivity contribution in [2.24, 2.45) is 0 Å². The van der Waals surface area contributed by atoms with Crippen LogP contribution in [-0.4, -0.2) is 34.8 Å². The first kappa shape index (κ1) is 22.8. The lowest BCUT2D eigenvalue weighted by molar-refractivity contribution is -0.124. The zero-order valence-corrected chi connectivity index (χ0v) is 18.2. The van der Waals surface area contributed by atoms with Crippen LogP contribution in [0.25, 0.3) is 0 Å². The van der Waals surface area contributed by atoms with Crippen molar-refractivity contribution in [3.8, 4) is 0 Å². The van der Waals surface area contributed by atoms with Crippen molar-refractivity contribution in [2.75, 3.05) is 13.2 Å². The number of hydrogen-bond acceptors (Lipinski definition) is 4. The zero-order valence-electron chi connectivity index (χ0n) is 16.7. The number of rotatable bonds is 8. The Morgan fingerprint density at radius 1 is 1.13 bits per heavy atom. The van der Waals surface area contributed by atoms with Gasteiger partial charge >= 0.3 is 5.97 Å². The van der Waals surface area contributed by atoms with Crippen LogP contribution in [0.15, 0.2) is 48.5 Å². The average Bonchev–Trinajstić information content (AvgIpc) is 3.02. The molecule has 6 nitrogen and oxygen atoms in total. The first-order valence-corrected chi connectivity index (χ1v) is 10.3. The maximum absolute atomic E-state index is 12.9. The Morgan fingerprint density at radius 2 is 1.84 bits per heavy atom. The largest absolute Gasteiger partial charge is 0.452 e. The Morgan fingerprint density at radius 3 is 2.55 bits per heavy atom. The number of hydrogen-bond donors (Lipinski definition) is 1. The molecule has 2 aromatic carbocycles. The van der Waals surface area contributed by atoms with Gasteiger partial charge in [0, 0.05) is 11.6 Å². The predicted octanol–water partition coefficient (Wildman–Crippen LogP) is 4.20. The third-order valence-electron chi connectivity index (χ3n) is 4.53. The number of carbonyl (C=O) groups excluding carboxylic acids is 2. The Labute approximate surface area is 188 Å². The van der Waals surface area contributed by atoms with Gasteiger partial charge in [-0.25, -0.2) is 13.9 Å². The molecule has 1 heterocycles. The SMILES string of the molecule is Cc1nn(Cc2ccccc2Cl)c(Cl)c1C(=O)OCC(=O)NCCc1ccc(F)cc1. The van der Waals surface area contributed by atoms with Crippen LogP contribution in [0.1, 0.15) is 27.2 Å². The monoisotopic (exact) mass is 463 g/mol. The fraction of sp³-hybridized carbons (Fsp3) is 0.227. The maximum atomic E-state index is 12.9. The van der Waals surface area contributed by atoms with Crippen LogP contribution in [0, 0.1) is 12.7 Å². The molecule has 0 aliphatic heterocycles. The molecule has 0 radical (unpaired) electrons. The van der Waals surface area contributed by atoms with Gasteiger partial charge in [-0.1, -0.05) is 53.5 Å². The molecule has 0 spiro atoms. The van der Waals surface area contributed by atoms with E-state index in [0.29, 0.717) is 23.7 Å². The van der Waals surface area contributed by atoms with Crippen LogP contribution in [0.4, 0.5) is 4.39 Å². The van der Waals surface area contributed by atoms with Crippen LogP contribution < -0.4 is 5.32 Å². The van der Waals surface area contributed by atoms with Gasteiger partial charge in [0.2, 0.25) is 0 Å². The number of aryl methyl sites for hydroxylation is 1. The van der Waals surface area contributed by atoms with E-state index in [1.807, 2.05) is 18.2 Å². The van der Waals surface area contributed by atoms with Gasteiger partial charge in [-0.05, 0) is 42.7 Å². The molecule has 1 aromatic heterocycles. The smallest absolute Gasteiger partial charge is 0.343 e. The van der Waals surface area contributed by atoms with Gasteiger partial charge in [0.05, 0.1) is 12.2 Å². The number of carbonyl (C=O) groups is 2. The highest BCUT2D eigenvalue weighted by Crippen LogP contribution is 2.24. The van der Waals surface area contributed by atoms with Gasteiger partial charge in [-0.15, -0.1) is 0 Å². The molecule has 1 N–H and O–H groups in total. The Kier molecular flexibility index (Phi) is 7.65. The second-order valence-electron chi connectivity index (χ2n) is 6.80. The summed E-state index contributed by atoms with van der Waals surface area (Å²) in [6.07, 6.45) is 0.527. The van der Waals surface area contributed by atoms with Gasteiger partial charge in [0.1, 0.15) is 16.5 Å². The molecule has 0 bridgehead atoms. The molecule has 1 amide bonds. The zero-order chi connectivity index (χ0) is 22.4. The van der Waals surface area contributed by atoms with Crippen LogP contribution in [0.3, 0.4) is 0 Å². The number of nitrogens with zero attached hydrogens (tertiary/aromatic N) is 2. The molecule has 31 heavy (non-hydrogen) atoms. The number of benzene rings is 2. The molecular formula is C22H20Cl2FN3O3. The summed E-state index contributed by atoms with van der Waals surface area (Å²) in [5.41, 5.74) is 2.17. The van der Waals surface area contributed by atoms with E-state index >= 15 is 0 Å². The summed E-state index contributed by atoms with van der Waals surface area (Å²) >= 11 is 12.5. The number of ether oxygens (including phenoxy) is 1. The number of aromatic nitrogens is 2. The molecule has 0 saturated heterocycles. The molecule has 162 valence electrons. The van der Waals surface area contributed by atoms with Gasteiger partial charge in [-0.2, -0.15) is 5.10 Å². The third-order valence-corrected chi connectivity index (χ3v) is 5.28. The second kappa shape index (κ2) is 10.4. The van der Waals surface area contributed by atoms with E-state index in [-0.39, 0.29) is 23.1 Å². The van der Waals surface area contributed by atoms with Gasteiger partial charge in [0.25, 0.3) is 5.91 Å². The summed E-state index contributed by atoms with van der Waals surface area (Å²) in [5.74, 6) is -1.50. The van der Waals surface area contributed by atoms with Gasteiger partial charge in [0.15, 0.2) is 6.61 Å². The number of nitrogens with one attached hydrogen (secondary N) is 1. The minimum Gasteiger partial charge on any atom is -0.452 e. The molecule has 0 aliphatic carbocycles. The highest BCUT2D eigenvalue weighted by Gasteiger charge is 2.22. The fourth-order valence-corrected chi connectivity index (χ4v) is 3.44. The van der Waals surface area contributed by atoms with E-state index < -0.39 is 18.5 Å². The summed E-state index contributed by atoms with van der Waals surface area (Å²) in [4.78, 5) is 24.4. The first-order chi connectivity index (χ1) is 14.8. The lowest BCUT2D eigenvalue weighted by Crippen LogP contribution is -2.30. The third kappa shape index (κ3) is 6.06. The summed E-state index contributed by atoms with van der Waals surface area (Å²) in [7, 11) is 0. The molecule has 9 heteroatoms. The van der Waals surface area contributed by atoms with Crippen molar-refractivity contribution >= 4 is 35.1 Å². The predicted molar refractivity (Wildman–Crippen MR) is 116 cm³/mol. The second-order valence-corrected chi connectivity index (χ2v) is 7.57. The van der Waals surface area contributed by atoms with Crippen molar-refractivity contribution in [2.45, 2.75) is 19.9 Å². The summed E-state index contributed by atoms with van der Waals surface area (Å²) in [5, 5.41) is 7.60. The van der Waals surface area contributed by atoms with Gasteiger partial charge < -0.3 is 10.1 Å². The van der Waals surface area contributed by atoms with Crippen LogP contribution >= 0.6 is 23.2 Å². The first-order valence-electron chi connectivity index (χ1n) is 9.49. The van der Waals surface area contributed by atoms with E-state index in [0.717, 1.165) is 11.1 Å². The normalized spacial score (nSPS) is 10.7. The lowest BCUT2D eigenvalue weighted by atomic mass is 10.1. The summed E-state index contributed by atoms with van der Waals surface area (Å²) in [6, 6.07) is 13.3. The van der Waals surface area contributed by atoms with Crippen LogP contribution in [0.5, 0.6) is 0 Å². The molecule has 0 aliphatic rings. The Hall–Kier alpha value is -2.90. The number of amides is 1. The summed E-state index contributed by atoms with van der Waals surface area (Å²) < 4.78 is 19.4. The molecule has 0 fully saturated rings. The number of halogens is 3. The van der Waals surface area contributed by atoms with Crippen molar-refractivity contribution < 1.29 is 18.7 Å². The quantitative estimate of drug-likeness (QED) is 0.508. The van der Waals surface area contributed by atoms with Crippen molar-refractivity contribution in [1.82, 2.24) is 15.1 Å². The van der Waals surface area contributed by atoms with Crippen molar-refractivity contribution in [1.29, 1.82) is 0 Å².